The summed E-state index contributed by atoms with van der Waals surface area (Å²) in [6.45, 7) is 0. The van der Waals surface area contributed by atoms with Crippen molar-refractivity contribution in [3.05, 3.63) is 59.7 Å². The van der Waals surface area contributed by atoms with Crippen molar-refractivity contribution in [1.29, 1.82) is 0 Å². The number of anilines is 1. The van der Waals surface area contributed by atoms with Crippen LogP contribution in [-0.4, -0.2) is 54.9 Å². The first-order valence-electron chi connectivity index (χ1n) is 11.5. The van der Waals surface area contributed by atoms with E-state index in [-0.39, 0.29) is 24.3 Å². The molecule has 1 aliphatic carbocycles. The monoisotopic (exact) mass is 464 g/mol. The van der Waals surface area contributed by atoms with Gasteiger partial charge in [-0.05, 0) is 55.3 Å². The van der Waals surface area contributed by atoms with Gasteiger partial charge in [0.2, 0.25) is 5.91 Å². The largest absolute Gasteiger partial charge is 0.497 e. The standard InChI is InChI=1S/C26H28N2O6/c1-33-21-10-6-7-18(15-21)24(30)27(19-8-4-3-5-9-19)22-16-23(29)28(25(22)31)20-13-11-17(12-14-20)26(32)34-2/h6-7,10-15,19,22H,3-5,8-9,16H2,1-2H3. The highest BCUT2D eigenvalue weighted by atomic mass is 16.5. The molecule has 3 amide bonds. The second kappa shape index (κ2) is 10.1. The van der Waals surface area contributed by atoms with Gasteiger partial charge >= 0.3 is 5.97 Å². The lowest BCUT2D eigenvalue weighted by Gasteiger charge is -2.37. The minimum Gasteiger partial charge on any atom is -0.497 e. The van der Waals surface area contributed by atoms with Crippen LogP contribution >= 0.6 is 0 Å². The first-order valence-corrected chi connectivity index (χ1v) is 11.5. The zero-order chi connectivity index (χ0) is 24.2. The van der Waals surface area contributed by atoms with Crippen molar-refractivity contribution in [1.82, 2.24) is 4.90 Å². The predicted octanol–water partition coefficient (Wildman–Crippen LogP) is 3.59. The van der Waals surface area contributed by atoms with Crippen molar-refractivity contribution in [3.63, 3.8) is 0 Å². The van der Waals surface area contributed by atoms with E-state index in [1.807, 2.05) is 0 Å². The molecule has 8 heteroatoms. The van der Waals surface area contributed by atoms with Crippen LogP contribution in [0.4, 0.5) is 5.69 Å². The van der Waals surface area contributed by atoms with E-state index in [9.17, 15) is 19.2 Å². The molecule has 1 aliphatic heterocycles. The first kappa shape index (κ1) is 23.5. The molecule has 0 N–H and O–H groups in total. The van der Waals surface area contributed by atoms with Gasteiger partial charge in [0.15, 0.2) is 0 Å². The summed E-state index contributed by atoms with van der Waals surface area (Å²) in [5.74, 6) is -1.04. The number of carbonyl (C=O) groups excluding carboxylic acids is 4. The highest BCUT2D eigenvalue weighted by molar-refractivity contribution is 6.23. The van der Waals surface area contributed by atoms with Crippen molar-refractivity contribution >= 4 is 29.4 Å². The van der Waals surface area contributed by atoms with Crippen LogP contribution in [0, 0.1) is 0 Å². The molecule has 1 saturated carbocycles. The Kier molecular flexibility index (Phi) is 6.95. The van der Waals surface area contributed by atoms with Gasteiger partial charge in [0.1, 0.15) is 11.8 Å². The van der Waals surface area contributed by atoms with Crippen LogP contribution in [0.2, 0.25) is 0 Å². The molecule has 1 heterocycles. The molecule has 4 rings (SSSR count). The van der Waals surface area contributed by atoms with Gasteiger partial charge < -0.3 is 14.4 Å². The average Bonchev–Trinajstić information content (AvgIpc) is 3.17. The number of hydrogen-bond acceptors (Lipinski definition) is 6. The SMILES string of the molecule is COC(=O)c1ccc(N2C(=O)CC(N(C(=O)c3cccc(OC)c3)C3CCCCC3)C2=O)cc1. The van der Waals surface area contributed by atoms with E-state index in [4.69, 9.17) is 9.47 Å². The molecule has 0 aromatic heterocycles. The van der Waals surface area contributed by atoms with Crippen molar-refractivity contribution in [2.75, 3.05) is 19.1 Å². The summed E-state index contributed by atoms with van der Waals surface area (Å²) < 4.78 is 9.98. The van der Waals surface area contributed by atoms with E-state index in [1.165, 1.54) is 26.4 Å². The first-order chi connectivity index (χ1) is 16.4. The second-order valence-corrected chi connectivity index (χ2v) is 8.56. The number of esters is 1. The number of rotatable bonds is 6. The van der Waals surface area contributed by atoms with E-state index >= 15 is 0 Å². The minimum atomic E-state index is -0.880. The van der Waals surface area contributed by atoms with Gasteiger partial charge in [-0.15, -0.1) is 0 Å². The van der Waals surface area contributed by atoms with Crippen molar-refractivity contribution in [2.45, 2.75) is 50.6 Å². The van der Waals surface area contributed by atoms with Crippen molar-refractivity contribution < 1.29 is 28.7 Å². The Morgan fingerprint density at radius 1 is 0.941 bits per heavy atom. The number of imide groups is 1. The van der Waals surface area contributed by atoms with E-state index in [2.05, 4.69) is 0 Å². The molecule has 34 heavy (non-hydrogen) atoms. The third kappa shape index (κ3) is 4.53. The molecule has 178 valence electrons. The van der Waals surface area contributed by atoms with Crippen molar-refractivity contribution in [3.8, 4) is 5.75 Å². The molecular formula is C26H28N2O6. The maximum Gasteiger partial charge on any atom is 0.337 e. The van der Waals surface area contributed by atoms with Gasteiger partial charge in [0.05, 0.1) is 31.9 Å². The number of methoxy groups -OCH3 is 2. The van der Waals surface area contributed by atoms with Gasteiger partial charge in [0, 0.05) is 11.6 Å². The van der Waals surface area contributed by atoms with Crippen LogP contribution in [0.1, 0.15) is 59.2 Å². The number of benzene rings is 2. The fourth-order valence-electron chi connectivity index (χ4n) is 4.80. The second-order valence-electron chi connectivity index (χ2n) is 8.56. The summed E-state index contributed by atoms with van der Waals surface area (Å²) >= 11 is 0. The highest BCUT2D eigenvalue weighted by Gasteiger charge is 2.46. The Hall–Kier alpha value is -3.68. The number of carbonyl (C=O) groups is 4. The van der Waals surface area contributed by atoms with Gasteiger partial charge in [-0.1, -0.05) is 25.3 Å². The minimum absolute atomic E-state index is 0.0796. The third-order valence-electron chi connectivity index (χ3n) is 6.52. The predicted molar refractivity (Wildman–Crippen MR) is 125 cm³/mol. The van der Waals surface area contributed by atoms with Gasteiger partial charge in [-0.3, -0.25) is 14.4 Å². The third-order valence-corrected chi connectivity index (χ3v) is 6.52. The lowest BCUT2D eigenvalue weighted by molar-refractivity contribution is -0.123. The molecule has 2 fully saturated rings. The topological polar surface area (TPSA) is 93.2 Å². The van der Waals surface area contributed by atoms with Crippen LogP contribution < -0.4 is 9.64 Å². The molecular weight excluding hydrogens is 436 g/mol. The van der Waals surface area contributed by atoms with Crippen LogP contribution in [0.3, 0.4) is 0 Å². The summed E-state index contributed by atoms with van der Waals surface area (Å²) in [5, 5.41) is 0. The summed E-state index contributed by atoms with van der Waals surface area (Å²) in [5.41, 5.74) is 1.10. The Morgan fingerprint density at radius 3 is 2.29 bits per heavy atom. The van der Waals surface area contributed by atoms with E-state index in [1.54, 1.807) is 41.3 Å². The van der Waals surface area contributed by atoms with Crippen LogP contribution in [0.25, 0.3) is 0 Å². The quantitative estimate of drug-likeness (QED) is 0.479. The number of ether oxygens (including phenoxy) is 2. The smallest absolute Gasteiger partial charge is 0.337 e. The van der Waals surface area contributed by atoms with E-state index < -0.39 is 17.9 Å². The van der Waals surface area contributed by atoms with Gasteiger partial charge in [-0.25, -0.2) is 9.69 Å². The number of amides is 3. The molecule has 8 nitrogen and oxygen atoms in total. The highest BCUT2D eigenvalue weighted by Crippen LogP contribution is 2.32. The molecule has 2 aromatic carbocycles. The maximum atomic E-state index is 13.7. The van der Waals surface area contributed by atoms with Crippen LogP contribution in [-0.2, 0) is 14.3 Å². The number of nitrogens with zero attached hydrogens (tertiary/aromatic N) is 2. The summed E-state index contributed by atoms with van der Waals surface area (Å²) in [6.07, 6.45) is 4.54. The van der Waals surface area contributed by atoms with Crippen LogP contribution in [0.15, 0.2) is 48.5 Å². The summed E-state index contributed by atoms with van der Waals surface area (Å²) in [7, 11) is 2.82. The maximum absolute atomic E-state index is 13.7. The van der Waals surface area contributed by atoms with E-state index in [0.717, 1.165) is 37.0 Å². The summed E-state index contributed by atoms with van der Waals surface area (Å²) in [6, 6.07) is 12.0. The van der Waals surface area contributed by atoms with Gasteiger partial charge in [-0.2, -0.15) is 0 Å². The Labute approximate surface area is 198 Å². The fraction of sp³-hybridized carbons (Fsp3) is 0.385. The van der Waals surface area contributed by atoms with E-state index in [0.29, 0.717) is 22.6 Å². The number of hydrogen-bond donors (Lipinski definition) is 0. The lowest BCUT2D eigenvalue weighted by atomic mass is 9.92. The molecule has 2 aliphatic rings. The Balaban J connectivity index is 1.65. The molecule has 1 unspecified atom stereocenters. The molecule has 2 aromatic rings. The van der Waals surface area contributed by atoms with Crippen LogP contribution in [0.5, 0.6) is 5.75 Å². The van der Waals surface area contributed by atoms with Crippen molar-refractivity contribution in [2.24, 2.45) is 0 Å². The zero-order valence-electron chi connectivity index (χ0n) is 19.4. The average molecular weight is 465 g/mol. The molecule has 0 radical (unpaired) electrons. The normalized spacial score (nSPS) is 18.6. The zero-order valence-corrected chi connectivity index (χ0v) is 19.4. The van der Waals surface area contributed by atoms with Gasteiger partial charge in [0.25, 0.3) is 11.8 Å². The molecule has 1 atom stereocenters. The summed E-state index contributed by atoms with van der Waals surface area (Å²) in [4.78, 5) is 54.6. The molecule has 0 spiro atoms. The fourth-order valence-corrected chi connectivity index (χ4v) is 4.80. The Morgan fingerprint density at radius 2 is 1.65 bits per heavy atom. The Bertz CT molecular complexity index is 1090. The molecule has 1 saturated heterocycles. The molecule has 0 bridgehead atoms. The lowest BCUT2D eigenvalue weighted by Crippen LogP contribution is -2.51.